The number of nitrogens with one attached hydrogen (secondary N) is 1. The summed E-state index contributed by atoms with van der Waals surface area (Å²) in [5.41, 5.74) is 1.76. The van der Waals surface area contributed by atoms with Gasteiger partial charge in [-0.25, -0.2) is 14.8 Å². The van der Waals surface area contributed by atoms with Crippen LogP contribution >= 0.6 is 23.1 Å². The lowest BCUT2D eigenvalue weighted by atomic mass is 10.2. The maximum absolute atomic E-state index is 12.4. The van der Waals surface area contributed by atoms with Gasteiger partial charge in [-0.2, -0.15) is 4.98 Å². The van der Waals surface area contributed by atoms with Gasteiger partial charge in [0.2, 0.25) is 5.91 Å². The molecule has 2 aromatic heterocycles. The van der Waals surface area contributed by atoms with Crippen molar-refractivity contribution in [1.82, 2.24) is 15.0 Å². The lowest BCUT2D eigenvalue weighted by Crippen LogP contribution is -2.23. The van der Waals surface area contributed by atoms with Gasteiger partial charge in [0.1, 0.15) is 16.1 Å². The van der Waals surface area contributed by atoms with Gasteiger partial charge in [0, 0.05) is 18.8 Å². The predicted molar refractivity (Wildman–Crippen MR) is 128 cm³/mol. The molecule has 168 valence electrons. The van der Waals surface area contributed by atoms with Crippen molar-refractivity contribution < 1.29 is 14.3 Å². The van der Waals surface area contributed by atoms with Gasteiger partial charge < -0.3 is 15.0 Å². The minimum absolute atomic E-state index is 0.150. The minimum atomic E-state index is -0.377. The van der Waals surface area contributed by atoms with E-state index in [4.69, 9.17) is 9.72 Å². The second-order valence-electron chi connectivity index (χ2n) is 7.36. The number of amides is 1. The van der Waals surface area contributed by atoms with Crippen LogP contribution < -0.4 is 10.2 Å². The zero-order valence-electron chi connectivity index (χ0n) is 17.9. The molecule has 1 N–H and O–H groups in total. The fraction of sp³-hybridized carbons (Fsp3) is 0.409. The van der Waals surface area contributed by atoms with Crippen LogP contribution in [0.25, 0.3) is 10.3 Å². The zero-order chi connectivity index (χ0) is 22.3. The van der Waals surface area contributed by atoms with Gasteiger partial charge in [-0.15, -0.1) is 0 Å². The molecule has 1 fully saturated rings. The Morgan fingerprint density at radius 3 is 2.59 bits per heavy atom. The van der Waals surface area contributed by atoms with Crippen LogP contribution in [-0.4, -0.2) is 52.3 Å². The van der Waals surface area contributed by atoms with Crippen LogP contribution in [0.4, 0.5) is 10.8 Å². The van der Waals surface area contributed by atoms with Crippen LogP contribution in [0.2, 0.25) is 0 Å². The summed E-state index contributed by atoms with van der Waals surface area (Å²) in [4.78, 5) is 39.9. The van der Waals surface area contributed by atoms with E-state index in [1.807, 2.05) is 0 Å². The van der Waals surface area contributed by atoms with Crippen molar-refractivity contribution in [2.24, 2.45) is 0 Å². The Kier molecular flexibility index (Phi) is 7.54. The van der Waals surface area contributed by atoms with E-state index in [0.717, 1.165) is 27.9 Å². The Labute approximate surface area is 194 Å². The van der Waals surface area contributed by atoms with E-state index >= 15 is 0 Å². The molecule has 3 heterocycles. The van der Waals surface area contributed by atoms with E-state index in [9.17, 15) is 9.59 Å². The molecular weight excluding hydrogens is 446 g/mol. The van der Waals surface area contributed by atoms with Crippen LogP contribution in [0.3, 0.4) is 0 Å². The average molecular weight is 472 g/mol. The number of nitrogens with zero attached hydrogens (tertiary/aromatic N) is 4. The zero-order valence-corrected chi connectivity index (χ0v) is 19.5. The lowest BCUT2D eigenvalue weighted by Gasteiger charge is -2.18. The first-order chi connectivity index (χ1) is 15.6. The van der Waals surface area contributed by atoms with E-state index in [2.05, 4.69) is 20.2 Å². The van der Waals surface area contributed by atoms with Gasteiger partial charge in [-0.3, -0.25) is 4.79 Å². The molecule has 0 atom stereocenters. The Morgan fingerprint density at radius 1 is 1.12 bits per heavy atom. The molecule has 4 rings (SSSR count). The van der Waals surface area contributed by atoms with E-state index in [0.29, 0.717) is 23.5 Å². The molecule has 8 nitrogen and oxygen atoms in total. The number of hydrogen-bond donors (Lipinski definition) is 1. The number of thiazole rings is 1. The van der Waals surface area contributed by atoms with Crippen molar-refractivity contribution in [3.8, 4) is 0 Å². The first-order valence-corrected chi connectivity index (χ1v) is 12.5. The summed E-state index contributed by atoms with van der Waals surface area (Å²) in [6, 6.07) is 6.65. The third-order valence-corrected chi connectivity index (χ3v) is 7.27. The second kappa shape index (κ2) is 10.7. The Hall–Kier alpha value is -2.72. The third-order valence-electron chi connectivity index (χ3n) is 5.04. The van der Waals surface area contributed by atoms with E-state index in [1.165, 1.54) is 43.8 Å². The Balaban J connectivity index is 1.38. The maximum Gasteiger partial charge on any atom is 0.338 e. The number of aromatic nitrogens is 3. The Bertz CT molecular complexity index is 1080. The van der Waals surface area contributed by atoms with Crippen molar-refractivity contribution in [3.05, 3.63) is 36.2 Å². The molecule has 1 aromatic carbocycles. The molecule has 0 aliphatic carbocycles. The monoisotopic (exact) mass is 471 g/mol. The summed E-state index contributed by atoms with van der Waals surface area (Å²) >= 11 is 2.97. The van der Waals surface area contributed by atoms with Crippen LogP contribution in [0.5, 0.6) is 0 Å². The number of carbonyl (C=O) groups excluding carboxylic acids is 2. The van der Waals surface area contributed by atoms with Gasteiger partial charge in [-0.1, -0.05) is 35.9 Å². The van der Waals surface area contributed by atoms with Crippen LogP contribution in [0.1, 0.15) is 43.0 Å². The molecule has 10 heteroatoms. The quantitative estimate of drug-likeness (QED) is 0.308. The lowest BCUT2D eigenvalue weighted by molar-refractivity contribution is -0.113. The van der Waals surface area contributed by atoms with Crippen molar-refractivity contribution in [1.29, 1.82) is 0 Å². The van der Waals surface area contributed by atoms with Crippen molar-refractivity contribution in [3.63, 3.8) is 0 Å². The third kappa shape index (κ3) is 5.55. The summed E-state index contributed by atoms with van der Waals surface area (Å²) in [6.45, 7) is 4.13. The molecule has 32 heavy (non-hydrogen) atoms. The van der Waals surface area contributed by atoms with E-state index in [-0.39, 0.29) is 17.6 Å². The van der Waals surface area contributed by atoms with Gasteiger partial charge in [0.05, 0.1) is 17.9 Å². The summed E-state index contributed by atoms with van der Waals surface area (Å²) in [5, 5.41) is 4.59. The predicted octanol–water partition coefficient (Wildman–Crippen LogP) is 4.37. The molecule has 0 spiro atoms. The van der Waals surface area contributed by atoms with Gasteiger partial charge in [0.15, 0.2) is 10.8 Å². The molecule has 3 aromatic rings. The van der Waals surface area contributed by atoms with Gasteiger partial charge in [0.25, 0.3) is 0 Å². The minimum Gasteiger partial charge on any atom is -0.462 e. The first-order valence-electron chi connectivity index (χ1n) is 10.7. The summed E-state index contributed by atoms with van der Waals surface area (Å²) < 4.78 is 5.89. The van der Waals surface area contributed by atoms with Crippen molar-refractivity contribution in [2.45, 2.75) is 37.6 Å². The fourth-order valence-corrected chi connectivity index (χ4v) is 5.40. The number of hydrogen-bond acceptors (Lipinski definition) is 9. The summed E-state index contributed by atoms with van der Waals surface area (Å²) in [5.74, 6) is -0.316. The second-order valence-corrected chi connectivity index (χ2v) is 9.31. The number of esters is 1. The van der Waals surface area contributed by atoms with Crippen LogP contribution in [0, 0.1) is 0 Å². The summed E-state index contributed by atoms with van der Waals surface area (Å²) in [6.07, 6.45) is 6.41. The molecular formula is C22H25N5O3S2. The standard InChI is InChI=1S/C22H25N5O3S2/c1-2-30-21(29)15-7-9-16(10-8-15)25-17(28)13-31-20-18-19(23-14-24-20)26-22(32-18)27-11-5-3-4-6-12-27/h7-10,14H,2-6,11-13H2,1H3,(H,25,28). The number of rotatable bonds is 7. The fourth-order valence-electron chi connectivity index (χ4n) is 3.46. The SMILES string of the molecule is CCOC(=O)c1ccc(NC(=O)CSc2ncnc3nc(N4CCCCCC4)sc23)cc1. The largest absolute Gasteiger partial charge is 0.462 e. The molecule has 1 aliphatic heterocycles. The number of anilines is 2. The van der Waals surface area contributed by atoms with Crippen LogP contribution in [0.15, 0.2) is 35.6 Å². The molecule has 1 amide bonds. The topological polar surface area (TPSA) is 97.3 Å². The Morgan fingerprint density at radius 2 is 1.88 bits per heavy atom. The maximum atomic E-state index is 12.4. The highest BCUT2D eigenvalue weighted by Crippen LogP contribution is 2.34. The molecule has 0 bridgehead atoms. The number of benzene rings is 1. The highest BCUT2D eigenvalue weighted by Gasteiger charge is 2.18. The summed E-state index contributed by atoms with van der Waals surface area (Å²) in [7, 11) is 0. The van der Waals surface area contributed by atoms with E-state index in [1.54, 1.807) is 42.5 Å². The van der Waals surface area contributed by atoms with Crippen LogP contribution in [-0.2, 0) is 9.53 Å². The first kappa shape index (κ1) is 22.5. The normalized spacial score (nSPS) is 14.2. The highest BCUT2D eigenvalue weighted by molar-refractivity contribution is 8.00. The molecule has 1 saturated heterocycles. The van der Waals surface area contributed by atoms with E-state index < -0.39 is 0 Å². The van der Waals surface area contributed by atoms with Gasteiger partial charge in [-0.05, 0) is 44.0 Å². The number of fused-ring (bicyclic) bond motifs is 1. The number of carbonyl (C=O) groups is 2. The number of thioether (sulfide) groups is 1. The molecule has 0 radical (unpaired) electrons. The molecule has 1 aliphatic rings. The van der Waals surface area contributed by atoms with Crippen molar-refractivity contribution in [2.75, 3.05) is 35.7 Å². The van der Waals surface area contributed by atoms with Crippen molar-refractivity contribution >= 4 is 56.1 Å². The smallest absolute Gasteiger partial charge is 0.338 e. The molecule has 0 saturated carbocycles. The average Bonchev–Trinajstić information content (AvgIpc) is 3.05. The highest BCUT2D eigenvalue weighted by atomic mass is 32.2. The number of ether oxygens (including phenoxy) is 1. The van der Waals surface area contributed by atoms with Gasteiger partial charge >= 0.3 is 5.97 Å². The molecule has 0 unspecified atom stereocenters.